The van der Waals surface area contributed by atoms with Crippen LogP contribution in [0.1, 0.15) is 12.8 Å². The van der Waals surface area contributed by atoms with Crippen molar-refractivity contribution in [3.05, 3.63) is 0 Å². The Morgan fingerprint density at radius 2 is 1.12 bits per heavy atom. The van der Waals surface area contributed by atoms with Gasteiger partial charge in [-0.25, -0.2) is 4.79 Å². The predicted molar refractivity (Wildman–Crippen MR) is 37.1 cm³/mol. The van der Waals surface area contributed by atoms with Gasteiger partial charge in [-0.05, 0) is 0 Å². The van der Waals surface area contributed by atoms with Crippen molar-refractivity contribution >= 4 is 17.9 Å². The van der Waals surface area contributed by atoms with E-state index in [1.54, 1.807) is 0 Å². The minimum atomic E-state index is -2.74. The molecule has 0 aliphatic rings. The summed E-state index contributed by atoms with van der Waals surface area (Å²) in [5.41, 5.74) is -2.74. The predicted octanol–water partition coefficient (Wildman–Crippen LogP) is -7.24. The number of carbonyl (C=O) groups is 3. The molecule has 0 aromatic rings. The Kier molecular flexibility index (Phi) is 17.9. The summed E-state index contributed by atoms with van der Waals surface area (Å²) in [6.45, 7) is 0. The molecular weight excluding hydrogens is 295 g/mol. The van der Waals surface area contributed by atoms with Gasteiger partial charge in [-0.15, -0.1) is 0 Å². The number of aliphatic hydroxyl groups is 1. The first-order valence-corrected chi connectivity index (χ1v) is 3.17. The van der Waals surface area contributed by atoms with E-state index in [0.29, 0.717) is 0 Å². The summed E-state index contributed by atoms with van der Waals surface area (Å²) in [4.78, 5) is 30.5. The zero-order chi connectivity index (χ0) is 10.6. The smallest absolute Gasteiger partial charge is 0.481 e. The molecule has 16 heavy (non-hydrogen) atoms. The zero-order valence-corrected chi connectivity index (χ0v) is 16.1. The molecule has 0 fully saturated rings. The summed E-state index contributed by atoms with van der Waals surface area (Å²) in [6.07, 6.45) is -2.29. The van der Waals surface area contributed by atoms with Gasteiger partial charge in [0, 0.05) is 0 Å². The second-order valence-electron chi connectivity index (χ2n) is 2.48. The molecule has 0 saturated carbocycles. The third-order valence-corrected chi connectivity index (χ3v) is 1.29. The van der Waals surface area contributed by atoms with Crippen molar-refractivity contribution in [2.75, 3.05) is 0 Å². The molecule has 0 unspecified atom stereocenters. The molecule has 10 heteroatoms. The molecule has 0 spiro atoms. The standard InChI is InChI=1S/C6H8O7.2Na.Zn/c7-3(8)1-6(13,5(11)12)2-4(9)10;;;/h13H,1-2H2,(H,7,8)(H,9,10)(H,11,12);;;/q;2*+1;+2. The van der Waals surface area contributed by atoms with E-state index < -0.39 is 36.4 Å². The van der Waals surface area contributed by atoms with Gasteiger partial charge in [0.05, 0.1) is 12.8 Å². The van der Waals surface area contributed by atoms with Crippen LogP contribution in [-0.4, -0.2) is 43.9 Å². The van der Waals surface area contributed by atoms with Gasteiger partial charge in [0.1, 0.15) is 0 Å². The molecular formula is C6H8Na2O7Zn+4. The number of hydrogen-bond donors (Lipinski definition) is 4. The van der Waals surface area contributed by atoms with E-state index >= 15 is 0 Å². The Balaban J connectivity index is -0.000000240. The monoisotopic (exact) mass is 302 g/mol. The first kappa shape index (κ1) is 25.7. The Bertz CT molecular complexity index is 241. The van der Waals surface area contributed by atoms with Crippen LogP contribution in [0.25, 0.3) is 0 Å². The number of rotatable bonds is 5. The molecule has 4 N–H and O–H groups in total. The van der Waals surface area contributed by atoms with Crippen LogP contribution in [0, 0.1) is 0 Å². The van der Waals surface area contributed by atoms with Crippen LogP contribution in [0.2, 0.25) is 0 Å². The van der Waals surface area contributed by atoms with E-state index in [4.69, 9.17) is 20.4 Å². The van der Waals surface area contributed by atoms with E-state index in [1.807, 2.05) is 0 Å². The molecule has 7 nitrogen and oxygen atoms in total. The molecule has 0 atom stereocenters. The summed E-state index contributed by atoms with van der Waals surface area (Å²) in [5.74, 6) is -5.02. The molecule has 0 bridgehead atoms. The van der Waals surface area contributed by atoms with Gasteiger partial charge in [-0.3, -0.25) is 9.59 Å². The fraction of sp³-hybridized carbons (Fsp3) is 0.500. The maximum atomic E-state index is 10.3. The fourth-order valence-corrected chi connectivity index (χ4v) is 0.714. The van der Waals surface area contributed by atoms with Crippen LogP contribution in [0.15, 0.2) is 0 Å². The van der Waals surface area contributed by atoms with Crippen molar-refractivity contribution in [1.82, 2.24) is 0 Å². The molecule has 0 radical (unpaired) electrons. The largest absolute Gasteiger partial charge is 2.00 e. The van der Waals surface area contributed by atoms with Gasteiger partial charge >= 0.3 is 96.5 Å². The second-order valence-corrected chi connectivity index (χ2v) is 2.48. The van der Waals surface area contributed by atoms with Gasteiger partial charge in [0.25, 0.3) is 0 Å². The molecule has 0 aliphatic carbocycles. The molecule has 0 amide bonds. The van der Waals surface area contributed by atoms with Crippen molar-refractivity contribution < 1.29 is 113 Å². The minimum Gasteiger partial charge on any atom is -0.481 e. The van der Waals surface area contributed by atoms with E-state index in [-0.39, 0.29) is 78.6 Å². The SMILES string of the molecule is O=C(O)CC(O)(CC(=O)O)C(=O)O.[Na+].[Na+].[Zn+2]. The Morgan fingerprint density at radius 1 is 0.875 bits per heavy atom. The molecule has 0 aliphatic heterocycles. The third kappa shape index (κ3) is 10.2. The summed E-state index contributed by atoms with van der Waals surface area (Å²) < 4.78 is 0. The van der Waals surface area contributed by atoms with Gasteiger partial charge in [-0.2, -0.15) is 0 Å². The first-order valence-electron chi connectivity index (χ1n) is 3.17. The van der Waals surface area contributed by atoms with E-state index in [0.717, 1.165) is 0 Å². The van der Waals surface area contributed by atoms with Crippen molar-refractivity contribution in [2.24, 2.45) is 0 Å². The van der Waals surface area contributed by atoms with Crippen molar-refractivity contribution in [1.29, 1.82) is 0 Å². The summed E-state index contributed by atoms with van der Waals surface area (Å²) in [5, 5.41) is 33.8. The maximum absolute atomic E-state index is 10.3. The van der Waals surface area contributed by atoms with Crippen molar-refractivity contribution in [3.63, 3.8) is 0 Å². The molecule has 0 saturated heterocycles. The number of aliphatic carboxylic acids is 3. The van der Waals surface area contributed by atoms with Crippen LogP contribution >= 0.6 is 0 Å². The minimum absolute atomic E-state index is 0. The van der Waals surface area contributed by atoms with Crippen LogP contribution < -0.4 is 59.1 Å². The Morgan fingerprint density at radius 3 is 1.25 bits per heavy atom. The number of carboxylic acids is 3. The van der Waals surface area contributed by atoms with Gasteiger partial charge in [-0.1, -0.05) is 0 Å². The van der Waals surface area contributed by atoms with Gasteiger partial charge in [0.2, 0.25) is 0 Å². The maximum Gasteiger partial charge on any atom is 2.00 e. The second kappa shape index (κ2) is 11.1. The summed E-state index contributed by atoms with van der Waals surface area (Å²) in [6, 6.07) is 0. The topological polar surface area (TPSA) is 132 Å². The Hall–Kier alpha value is 0.993. The summed E-state index contributed by atoms with van der Waals surface area (Å²) in [7, 11) is 0. The Labute approximate surface area is 148 Å². The molecule has 0 aromatic carbocycles. The quantitative estimate of drug-likeness (QED) is 0.371. The molecule has 74 valence electrons. The average molecular weight is 303 g/mol. The van der Waals surface area contributed by atoms with Crippen LogP contribution in [0.3, 0.4) is 0 Å². The summed E-state index contributed by atoms with van der Waals surface area (Å²) >= 11 is 0. The van der Waals surface area contributed by atoms with Crippen LogP contribution in [0.4, 0.5) is 0 Å². The third-order valence-electron chi connectivity index (χ3n) is 1.29. The normalized spacial score (nSPS) is 8.81. The molecule has 0 aromatic heterocycles. The van der Waals surface area contributed by atoms with Gasteiger partial charge in [0.15, 0.2) is 5.60 Å². The molecule has 0 heterocycles. The molecule has 0 rings (SSSR count). The van der Waals surface area contributed by atoms with E-state index in [1.165, 1.54) is 0 Å². The van der Waals surface area contributed by atoms with Crippen LogP contribution in [0.5, 0.6) is 0 Å². The zero-order valence-electron chi connectivity index (χ0n) is 9.13. The van der Waals surface area contributed by atoms with Gasteiger partial charge < -0.3 is 20.4 Å². The van der Waals surface area contributed by atoms with Crippen molar-refractivity contribution in [3.8, 4) is 0 Å². The fourth-order valence-electron chi connectivity index (χ4n) is 0.714. The van der Waals surface area contributed by atoms with Crippen molar-refractivity contribution in [2.45, 2.75) is 18.4 Å². The average Bonchev–Trinajstić information content (AvgIpc) is 1.82. The number of carboxylic acid groups (broad SMARTS) is 3. The van der Waals surface area contributed by atoms with E-state index in [9.17, 15) is 14.4 Å². The number of hydrogen-bond acceptors (Lipinski definition) is 4. The first-order chi connectivity index (χ1) is 5.78. The van der Waals surface area contributed by atoms with Crippen LogP contribution in [-0.2, 0) is 33.9 Å². The van der Waals surface area contributed by atoms with E-state index in [2.05, 4.69) is 0 Å².